The van der Waals surface area contributed by atoms with Gasteiger partial charge in [-0.15, -0.1) is 0 Å². The molecule has 1 N–H and O–H groups in total. The Balaban J connectivity index is 2.51. The first-order valence-corrected chi connectivity index (χ1v) is 7.79. The molecule has 0 bridgehead atoms. The first-order valence-electron chi connectivity index (χ1n) is 7.79. The second-order valence-electron chi connectivity index (χ2n) is 6.59. The van der Waals surface area contributed by atoms with Crippen molar-refractivity contribution in [2.45, 2.75) is 58.4 Å². The molecule has 0 spiro atoms. The van der Waals surface area contributed by atoms with Crippen LogP contribution in [-0.2, 0) is 16.6 Å². The summed E-state index contributed by atoms with van der Waals surface area (Å²) in [5.74, 6) is 0. The zero-order valence-corrected chi connectivity index (χ0v) is 13.8. The summed E-state index contributed by atoms with van der Waals surface area (Å²) in [6.07, 6.45) is 3.40. The summed E-state index contributed by atoms with van der Waals surface area (Å²) in [7, 11) is 1.78. The summed E-state index contributed by atoms with van der Waals surface area (Å²) >= 11 is 0. The van der Waals surface area contributed by atoms with Crippen molar-refractivity contribution in [3.05, 3.63) is 35.4 Å². The van der Waals surface area contributed by atoms with E-state index in [2.05, 4.69) is 57.3 Å². The van der Waals surface area contributed by atoms with Gasteiger partial charge < -0.3 is 10.1 Å². The molecule has 0 saturated carbocycles. The molecule has 1 aromatic carbocycles. The van der Waals surface area contributed by atoms with Crippen molar-refractivity contribution in [2.75, 3.05) is 20.3 Å². The highest BCUT2D eigenvalue weighted by Gasteiger charge is 2.13. The van der Waals surface area contributed by atoms with E-state index in [9.17, 15) is 0 Å². The Kier molecular flexibility index (Phi) is 7.25. The maximum atomic E-state index is 5.29. The number of hydrogen-bond acceptors (Lipinski definition) is 2. The van der Waals surface area contributed by atoms with Gasteiger partial charge in [0.15, 0.2) is 0 Å². The molecule has 1 atom stereocenters. The molecule has 0 aliphatic heterocycles. The minimum Gasteiger partial charge on any atom is -0.383 e. The van der Waals surface area contributed by atoms with Crippen LogP contribution in [0.3, 0.4) is 0 Å². The fourth-order valence-corrected chi connectivity index (χ4v) is 2.31. The van der Waals surface area contributed by atoms with Crippen LogP contribution in [0.25, 0.3) is 0 Å². The van der Waals surface area contributed by atoms with Gasteiger partial charge in [-0.2, -0.15) is 0 Å². The Morgan fingerprint density at radius 1 is 1.15 bits per heavy atom. The molecule has 20 heavy (non-hydrogen) atoms. The number of nitrogens with one attached hydrogen (secondary N) is 1. The molecule has 0 saturated heterocycles. The number of benzene rings is 1. The monoisotopic (exact) mass is 277 g/mol. The summed E-state index contributed by atoms with van der Waals surface area (Å²) in [5.41, 5.74) is 3.05. The zero-order chi connectivity index (χ0) is 15.0. The predicted octanol–water partition coefficient (Wildman–Crippen LogP) is 3.93. The summed E-state index contributed by atoms with van der Waals surface area (Å²) < 4.78 is 5.29. The third-order valence-corrected chi connectivity index (χ3v) is 3.65. The normalized spacial score (nSPS) is 13.4. The average Bonchev–Trinajstić information content (AvgIpc) is 2.41. The van der Waals surface area contributed by atoms with Crippen molar-refractivity contribution in [1.29, 1.82) is 0 Å². The highest BCUT2D eigenvalue weighted by Crippen LogP contribution is 2.22. The Morgan fingerprint density at radius 3 is 2.30 bits per heavy atom. The van der Waals surface area contributed by atoms with E-state index in [-0.39, 0.29) is 5.41 Å². The lowest BCUT2D eigenvalue weighted by Crippen LogP contribution is -2.34. The molecule has 2 heteroatoms. The van der Waals surface area contributed by atoms with Crippen molar-refractivity contribution in [3.8, 4) is 0 Å². The Morgan fingerprint density at radius 2 is 1.80 bits per heavy atom. The minimum absolute atomic E-state index is 0.236. The number of rotatable bonds is 8. The van der Waals surface area contributed by atoms with Crippen LogP contribution in [0.1, 0.15) is 51.7 Å². The lowest BCUT2D eigenvalue weighted by Gasteiger charge is -2.20. The van der Waals surface area contributed by atoms with Gasteiger partial charge in [0.25, 0.3) is 0 Å². The fourth-order valence-electron chi connectivity index (χ4n) is 2.31. The van der Waals surface area contributed by atoms with E-state index >= 15 is 0 Å². The summed E-state index contributed by atoms with van der Waals surface area (Å²) in [5, 5.41) is 3.55. The van der Waals surface area contributed by atoms with Crippen molar-refractivity contribution >= 4 is 0 Å². The topological polar surface area (TPSA) is 21.3 Å². The number of hydrogen-bond donors (Lipinski definition) is 1. The lowest BCUT2D eigenvalue weighted by molar-refractivity contribution is 0.162. The number of ether oxygens (including phenoxy) is 1. The third kappa shape index (κ3) is 6.06. The maximum absolute atomic E-state index is 5.29. The van der Waals surface area contributed by atoms with E-state index < -0.39 is 0 Å². The first kappa shape index (κ1) is 17.2. The van der Waals surface area contributed by atoms with Gasteiger partial charge in [-0.25, -0.2) is 0 Å². The van der Waals surface area contributed by atoms with Crippen molar-refractivity contribution in [3.63, 3.8) is 0 Å². The molecule has 0 radical (unpaired) electrons. The van der Waals surface area contributed by atoms with Gasteiger partial charge in [0, 0.05) is 13.2 Å². The molecule has 114 valence electrons. The van der Waals surface area contributed by atoms with Crippen LogP contribution in [-0.4, -0.2) is 26.3 Å². The van der Waals surface area contributed by atoms with Crippen molar-refractivity contribution in [1.82, 2.24) is 5.32 Å². The molecular formula is C18H31NO. The van der Waals surface area contributed by atoms with Gasteiger partial charge in [0.1, 0.15) is 0 Å². The highest BCUT2D eigenvalue weighted by molar-refractivity contribution is 5.27. The summed E-state index contributed by atoms with van der Waals surface area (Å²) in [6, 6.07) is 9.52. The lowest BCUT2D eigenvalue weighted by atomic mass is 9.86. The molecule has 0 aliphatic carbocycles. The van der Waals surface area contributed by atoms with Crippen molar-refractivity contribution in [2.24, 2.45) is 0 Å². The summed E-state index contributed by atoms with van der Waals surface area (Å²) in [4.78, 5) is 0. The quantitative estimate of drug-likeness (QED) is 0.777. The standard InChI is InChI=1S/C18H31NO/c1-6-13-19-17(14-20-5)12-9-15-7-10-16(11-8-15)18(2,3)4/h7-8,10-11,17,19H,6,9,12-14H2,1-5H3. The third-order valence-electron chi connectivity index (χ3n) is 3.65. The van der Waals surface area contributed by atoms with E-state index in [0.717, 1.165) is 26.0 Å². The predicted molar refractivity (Wildman–Crippen MR) is 87.4 cm³/mol. The smallest absolute Gasteiger partial charge is 0.0615 e. The van der Waals surface area contributed by atoms with E-state index in [0.29, 0.717) is 6.04 Å². The zero-order valence-electron chi connectivity index (χ0n) is 13.8. The molecular weight excluding hydrogens is 246 g/mol. The molecule has 2 nitrogen and oxygen atoms in total. The highest BCUT2D eigenvalue weighted by atomic mass is 16.5. The van der Waals surface area contributed by atoms with Crippen LogP contribution in [0.5, 0.6) is 0 Å². The van der Waals surface area contributed by atoms with Gasteiger partial charge in [-0.3, -0.25) is 0 Å². The Hall–Kier alpha value is -0.860. The van der Waals surface area contributed by atoms with Gasteiger partial charge in [0.05, 0.1) is 6.61 Å². The van der Waals surface area contributed by atoms with Crippen LogP contribution in [0.2, 0.25) is 0 Å². The van der Waals surface area contributed by atoms with Crippen LogP contribution in [0, 0.1) is 0 Å². The number of aryl methyl sites for hydroxylation is 1. The Labute approximate surface area is 124 Å². The SMILES string of the molecule is CCCNC(CCc1ccc(C(C)(C)C)cc1)COC. The van der Waals surface area contributed by atoms with Crippen LogP contribution in [0.4, 0.5) is 0 Å². The number of methoxy groups -OCH3 is 1. The molecule has 0 amide bonds. The molecule has 1 unspecified atom stereocenters. The van der Waals surface area contributed by atoms with Crippen LogP contribution in [0.15, 0.2) is 24.3 Å². The molecule has 0 aromatic heterocycles. The second kappa shape index (κ2) is 8.43. The second-order valence-corrected chi connectivity index (χ2v) is 6.59. The minimum atomic E-state index is 0.236. The largest absolute Gasteiger partial charge is 0.383 e. The Bertz CT molecular complexity index is 364. The first-order chi connectivity index (χ1) is 9.47. The van der Waals surface area contributed by atoms with Crippen molar-refractivity contribution < 1.29 is 4.74 Å². The average molecular weight is 277 g/mol. The van der Waals surface area contributed by atoms with Crippen LogP contribution >= 0.6 is 0 Å². The molecule has 0 aliphatic rings. The van der Waals surface area contributed by atoms with Gasteiger partial charge in [-0.1, -0.05) is 52.0 Å². The fraction of sp³-hybridized carbons (Fsp3) is 0.667. The molecule has 0 heterocycles. The van der Waals surface area contributed by atoms with E-state index in [1.165, 1.54) is 17.5 Å². The van der Waals surface area contributed by atoms with E-state index in [1.807, 2.05) is 0 Å². The van der Waals surface area contributed by atoms with E-state index in [1.54, 1.807) is 7.11 Å². The molecule has 1 rings (SSSR count). The van der Waals surface area contributed by atoms with E-state index in [4.69, 9.17) is 4.74 Å². The molecule has 1 aromatic rings. The maximum Gasteiger partial charge on any atom is 0.0615 e. The van der Waals surface area contributed by atoms with Gasteiger partial charge in [0.2, 0.25) is 0 Å². The molecule has 0 fully saturated rings. The summed E-state index contributed by atoms with van der Waals surface area (Å²) in [6.45, 7) is 10.8. The van der Waals surface area contributed by atoms with Crippen LogP contribution < -0.4 is 5.32 Å². The van der Waals surface area contributed by atoms with Gasteiger partial charge >= 0.3 is 0 Å². The van der Waals surface area contributed by atoms with Gasteiger partial charge in [-0.05, 0) is 42.3 Å².